The van der Waals surface area contributed by atoms with Crippen LogP contribution in [0, 0.1) is 0 Å². The zero-order valence-electron chi connectivity index (χ0n) is 17.1. The van der Waals surface area contributed by atoms with Crippen LogP contribution in [-0.2, 0) is 4.79 Å². The number of ether oxygens (including phenoxy) is 1. The van der Waals surface area contributed by atoms with E-state index in [0.29, 0.717) is 29.2 Å². The Balaban J connectivity index is 1.88. The molecule has 0 aliphatic rings. The average Bonchev–Trinajstić information content (AvgIpc) is 3.18. The minimum Gasteiger partial charge on any atom is -0.494 e. The zero-order valence-corrected chi connectivity index (χ0v) is 18.7. The molecule has 0 fully saturated rings. The number of halogens is 1. The summed E-state index contributed by atoms with van der Waals surface area (Å²) in [7, 11) is 0. The monoisotopic (exact) mass is 444 g/mol. The lowest BCUT2D eigenvalue weighted by atomic mass is 10.2. The van der Waals surface area contributed by atoms with Crippen molar-refractivity contribution >= 4 is 29.3 Å². The molecule has 1 amide bonds. The Labute approximate surface area is 186 Å². The summed E-state index contributed by atoms with van der Waals surface area (Å²) in [6, 6.07) is 15.2. The molecule has 0 saturated heterocycles. The number of rotatable bonds is 10. The molecule has 1 heterocycles. The van der Waals surface area contributed by atoms with E-state index in [4.69, 9.17) is 16.3 Å². The van der Waals surface area contributed by atoms with E-state index in [1.807, 2.05) is 60.0 Å². The highest BCUT2D eigenvalue weighted by atomic mass is 35.5. The van der Waals surface area contributed by atoms with E-state index in [1.165, 1.54) is 11.8 Å². The van der Waals surface area contributed by atoms with Gasteiger partial charge in [0.25, 0.3) is 0 Å². The van der Waals surface area contributed by atoms with Crippen LogP contribution in [-0.4, -0.2) is 39.6 Å². The number of carbonyl (C=O) groups excluding carboxylic acids is 1. The maximum Gasteiger partial charge on any atom is 0.230 e. The van der Waals surface area contributed by atoms with Gasteiger partial charge in [-0.3, -0.25) is 9.36 Å². The van der Waals surface area contributed by atoms with Gasteiger partial charge in [-0.05, 0) is 61.9 Å². The van der Waals surface area contributed by atoms with Crippen molar-refractivity contribution in [2.24, 2.45) is 0 Å². The van der Waals surface area contributed by atoms with E-state index in [0.717, 1.165) is 29.8 Å². The van der Waals surface area contributed by atoms with Crippen LogP contribution in [0.25, 0.3) is 17.1 Å². The van der Waals surface area contributed by atoms with Gasteiger partial charge in [0.2, 0.25) is 5.91 Å². The highest BCUT2D eigenvalue weighted by Crippen LogP contribution is 2.29. The van der Waals surface area contributed by atoms with Crippen LogP contribution in [0.15, 0.2) is 53.7 Å². The summed E-state index contributed by atoms with van der Waals surface area (Å²) in [6.07, 6.45) is 2.02. The molecule has 6 nitrogen and oxygen atoms in total. The number of hydrogen-bond acceptors (Lipinski definition) is 5. The minimum absolute atomic E-state index is 0.0114. The van der Waals surface area contributed by atoms with E-state index in [2.05, 4.69) is 22.4 Å². The molecule has 0 unspecified atom stereocenters. The molecule has 3 aromatic rings. The predicted molar refractivity (Wildman–Crippen MR) is 122 cm³/mol. The molecule has 1 N–H and O–H groups in total. The van der Waals surface area contributed by atoms with Crippen molar-refractivity contribution in [3.05, 3.63) is 53.6 Å². The summed E-state index contributed by atoms with van der Waals surface area (Å²) in [4.78, 5) is 12.1. The van der Waals surface area contributed by atoms with Gasteiger partial charge in [0.05, 0.1) is 12.4 Å². The highest BCUT2D eigenvalue weighted by molar-refractivity contribution is 7.99. The normalized spacial score (nSPS) is 10.8. The van der Waals surface area contributed by atoms with Gasteiger partial charge in [-0.25, -0.2) is 0 Å². The smallest absolute Gasteiger partial charge is 0.230 e. The fraction of sp³-hybridized carbons (Fsp3) is 0.318. The predicted octanol–water partition coefficient (Wildman–Crippen LogP) is 4.99. The molecule has 0 bridgehead atoms. The van der Waals surface area contributed by atoms with Crippen molar-refractivity contribution < 1.29 is 9.53 Å². The van der Waals surface area contributed by atoms with E-state index in [1.54, 1.807) is 0 Å². The second kappa shape index (κ2) is 11.0. The van der Waals surface area contributed by atoms with Crippen molar-refractivity contribution in [2.75, 3.05) is 18.9 Å². The van der Waals surface area contributed by atoms with E-state index >= 15 is 0 Å². The van der Waals surface area contributed by atoms with Gasteiger partial charge in [0.15, 0.2) is 11.0 Å². The third-order valence-corrected chi connectivity index (χ3v) is 5.51. The van der Waals surface area contributed by atoms with Crippen LogP contribution >= 0.6 is 23.4 Å². The molecule has 30 heavy (non-hydrogen) atoms. The number of aromatic nitrogens is 3. The first-order chi connectivity index (χ1) is 14.6. The Morgan fingerprint density at radius 2 is 1.83 bits per heavy atom. The van der Waals surface area contributed by atoms with Crippen LogP contribution in [0.5, 0.6) is 5.75 Å². The quantitative estimate of drug-likeness (QED) is 0.352. The Bertz CT molecular complexity index is 958. The number of nitrogens with one attached hydrogen (secondary N) is 1. The van der Waals surface area contributed by atoms with Gasteiger partial charge >= 0.3 is 0 Å². The van der Waals surface area contributed by atoms with Crippen molar-refractivity contribution in [3.8, 4) is 22.8 Å². The summed E-state index contributed by atoms with van der Waals surface area (Å²) in [5.41, 5.74) is 1.78. The zero-order chi connectivity index (χ0) is 21.3. The van der Waals surface area contributed by atoms with Crippen LogP contribution in [0.4, 0.5) is 0 Å². The van der Waals surface area contributed by atoms with E-state index in [9.17, 15) is 4.79 Å². The van der Waals surface area contributed by atoms with Crippen molar-refractivity contribution in [1.82, 2.24) is 20.1 Å². The van der Waals surface area contributed by atoms with Crippen LogP contribution in [0.2, 0.25) is 5.02 Å². The molecule has 2 aromatic carbocycles. The summed E-state index contributed by atoms with van der Waals surface area (Å²) in [6.45, 7) is 5.35. The molecule has 0 radical (unpaired) electrons. The van der Waals surface area contributed by atoms with Gasteiger partial charge in [-0.2, -0.15) is 0 Å². The Morgan fingerprint density at radius 3 is 2.50 bits per heavy atom. The molecule has 0 saturated carbocycles. The third-order valence-electron chi connectivity index (χ3n) is 4.33. The lowest BCUT2D eigenvalue weighted by Gasteiger charge is -2.11. The number of amides is 1. The van der Waals surface area contributed by atoms with Gasteiger partial charge < -0.3 is 10.1 Å². The first-order valence-electron chi connectivity index (χ1n) is 9.96. The first-order valence-corrected chi connectivity index (χ1v) is 11.3. The Hall–Kier alpha value is -2.51. The summed E-state index contributed by atoms with van der Waals surface area (Å²) in [5.74, 6) is 1.75. The lowest BCUT2D eigenvalue weighted by molar-refractivity contribution is -0.118. The number of benzene rings is 2. The number of unbranched alkanes of at least 4 members (excludes halogenated alkanes) is 1. The average molecular weight is 445 g/mol. The highest BCUT2D eigenvalue weighted by Gasteiger charge is 2.17. The standard InChI is InChI=1S/C22H25ClN4O2S/c1-3-5-14-24-20(28)15-30-22-26-25-21(16-6-8-17(23)9-7-16)27(22)18-10-12-19(13-11-18)29-4-2/h6-13H,3-5,14-15H2,1-2H3,(H,24,28). The molecule has 0 atom stereocenters. The van der Waals surface area contributed by atoms with Gasteiger partial charge in [-0.1, -0.05) is 36.7 Å². The fourth-order valence-electron chi connectivity index (χ4n) is 2.83. The van der Waals surface area contributed by atoms with Crippen LogP contribution in [0.1, 0.15) is 26.7 Å². The Morgan fingerprint density at radius 1 is 1.10 bits per heavy atom. The minimum atomic E-state index is -0.0114. The van der Waals surface area contributed by atoms with Crippen molar-refractivity contribution in [2.45, 2.75) is 31.8 Å². The Kier molecular flexibility index (Phi) is 8.16. The third kappa shape index (κ3) is 5.77. The summed E-state index contributed by atoms with van der Waals surface area (Å²) >= 11 is 7.40. The summed E-state index contributed by atoms with van der Waals surface area (Å²) in [5, 5.41) is 13.0. The molecule has 8 heteroatoms. The molecular formula is C22H25ClN4O2S. The largest absolute Gasteiger partial charge is 0.494 e. The molecule has 0 aliphatic carbocycles. The van der Waals surface area contributed by atoms with Crippen LogP contribution < -0.4 is 10.1 Å². The van der Waals surface area contributed by atoms with Crippen molar-refractivity contribution in [1.29, 1.82) is 0 Å². The molecule has 158 valence electrons. The molecule has 1 aromatic heterocycles. The van der Waals surface area contributed by atoms with Crippen LogP contribution in [0.3, 0.4) is 0 Å². The maximum atomic E-state index is 12.1. The van der Waals surface area contributed by atoms with Crippen molar-refractivity contribution in [3.63, 3.8) is 0 Å². The van der Waals surface area contributed by atoms with Gasteiger partial charge in [0.1, 0.15) is 5.75 Å². The summed E-state index contributed by atoms with van der Waals surface area (Å²) < 4.78 is 7.50. The molecule has 0 aliphatic heterocycles. The second-order valence-corrected chi connectivity index (χ2v) is 7.95. The second-order valence-electron chi connectivity index (χ2n) is 6.57. The SMILES string of the molecule is CCCCNC(=O)CSc1nnc(-c2ccc(Cl)cc2)n1-c1ccc(OCC)cc1. The van der Waals surface area contributed by atoms with E-state index < -0.39 is 0 Å². The number of nitrogens with zero attached hydrogens (tertiary/aromatic N) is 3. The lowest BCUT2D eigenvalue weighted by Crippen LogP contribution is -2.26. The number of thioether (sulfide) groups is 1. The number of carbonyl (C=O) groups is 1. The molecular weight excluding hydrogens is 420 g/mol. The van der Waals surface area contributed by atoms with Gasteiger partial charge in [0, 0.05) is 22.8 Å². The van der Waals surface area contributed by atoms with E-state index in [-0.39, 0.29) is 11.7 Å². The van der Waals surface area contributed by atoms with Gasteiger partial charge in [-0.15, -0.1) is 10.2 Å². The maximum absolute atomic E-state index is 12.1. The first kappa shape index (κ1) is 22.2. The fourth-order valence-corrected chi connectivity index (χ4v) is 3.73. The number of hydrogen-bond donors (Lipinski definition) is 1. The molecule has 0 spiro atoms. The topological polar surface area (TPSA) is 69.0 Å². The molecule has 3 rings (SSSR count).